The molecule has 1 aliphatic rings. The smallest absolute Gasteiger partial charge is 0.146 e. The van der Waals surface area contributed by atoms with E-state index in [9.17, 15) is 9.59 Å². The van der Waals surface area contributed by atoms with E-state index >= 15 is 0 Å². The van der Waals surface area contributed by atoms with E-state index in [4.69, 9.17) is 0 Å². The van der Waals surface area contributed by atoms with Crippen molar-refractivity contribution in [1.82, 2.24) is 0 Å². The van der Waals surface area contributed by atoms with Crippen LogP contribution in [0.3, 0.4) is 0 Å². The maximum absolute atomic E-state index is 11.5. The average molecular weight is 168 g/mol. The van der Waals surface area contributed by atoms with Crippen LogP contribution in [0.2, 0.25) is 0 Å². The van der Waals surface area contributed by atoms with Crippen LogP contribution in [0.4, 0.5) is 0 Å². The van der Waals surface area contributed by atoms with Gasteiger partial charge in [0.2, 0.25) is 0 Å². The van der Waals surface area contributed by atoms with Crippen LogP contribution in [0.5, 0.6) is 0 Å². The van der Waals surface area contributed by atoms with Crippen molar-refractivity contribution in [1.29, 1.82) is 0 Å². The van der Waals surface area contributed by atoms with Crippen LogP contribution >= 0.6 is 0 Å². The fraction of sp³-hybridized carbons (Fsp3) is 0.800. The molecule has 0 bridgehead atoms. The van der Waals surface area contributed by atoms with Crippen molar-refractivity contribution >= 4 is 11.6 Å². The Morgan fingerprint density at radius 2 is 2.00 bits per heavy atom. The summed E-state index contributed by atoms with van der Waals surface area (Å²) in [5.74, 6) is 0.596. The van der Waals surface area contributed by atoms with E-state index in [0.29, 0.717) is 12.3 Å². The van der Waals surface area contributed by atoms with Crippen molar-refractivity contribution in [2.24, 2.45) is 17.8 Å². The molecule has 68 valence electrons. The Morgan fingerprint density at radius 1 is 1.50 bits per heavy atom. The van der Waals surface area contributed by atoms with Crippen molar-refractivity contribution in [3.63, 3.8) is 0 Å². The van der Waals surface area contributed by atoms with Gasteiger partial charge in [-0.05, 0) is 19.3 Å². The molecule has 1 saturated carbocycles. The molecule has 3 atom stereocenters. The van der Waals surface area contributed by atoms with Gasteiger partial charge >= 0.3 is 0 Å². The Hall–Kier alpha value is -0.660. The quantitative estimate of drug-likeness (QED) is 0.600. The summed E-state index contributed by atoms with van der Waals surface area (Å²) >= 11 is 0. The lowest BCUT2D eigenvalue weighted by molar-refractivity contribution is -0.132. The molecular formula is C10H16O2. The second-order valence-corrected chi connectivity index (χ2v) is 3.76. The van der Waals surface area contributed by atoms with Crippen LogP contribution in [-0.4, -0.2) is 11.6 Å². The Kier molecular flexibility index (Phi) is 2.65. The fourth-order valence-electron chi connectivity index (χ4n) is 1.50. The van der Waals surface area contributed by atoms with Gasteiger partial charge < -0.3 is 0 Å². The molecule has 0 aromatic heterocycles. The first kappa shape index (κ1) is 9.43. The molecule has 1 aliphatic carbocycles. The molecule has 1 rings (SSSR count). The van der Waals surface area contributed by atoms with E-state index in [1.165, 1.54) is 0 Å². The molecule has 0 amide bonds. The van der Waals surface area contributed by atoms with E-state index in [0.717, 1.165) is 6.42 Å². The molecule has 0 aromatic carbocycles. The molecule has 0 saturated heterocycles. The lowest BCUT2D eigenvalue weighted by atomic mass is 9.96. The van der Waals surface area contributed by atoms with Crippen LogP contribution in [-0.2, 0) is 9.59 Å². The van der Waals surface area contributed by atoms with Crippen LogP contribution in [0.25, 0.3) is 0 Å². The molecular weight excluding hydrogens is 152 g/mol. The SMILES string of the molecule is CCC(=O)C(C)C(=O)C1CC1C. The highest BCUT2D eigenvalue weighted by Gasteiger charge is 2.41. The highest BCUT2D eigenvalue weighted by Crippen LogP contribution is 2.40. The highest BCUT2D eigenvalue weighted by atomic mass is 16.2. The van der Waals surface area contributed by atoms with Gasteiger partial charge in [-0.15, -0.1) is 0 Å². The fourth-order valence-corrected chi connectivity index (χ4v) is 1.50. The van der Waals surface area contributed by atoms with Crippen molar-refractivity contribution in [2.45, 2.75) is 33.6 Å². The van der Waals surface area contributed by atoms with Gasteiger partial charge in [-0.2, -0.15) is 0 Å². The number of hydrogen-bond donors (Lipinski definition) is 0. The van der Waals surface area contributed by atoms with Crippen molar-refractivity contribution in [3.05, 3.63) is 0 Å². The predicted octanol–water partition coefficient (Wildman–Crippen LogP) is 1.83. The summed E-state index contributed by atoms with van der Waals surface area (Å²) in [6.07, 6.45) is 1.47. The summed E-state index contributed by atoms with van der Waals surface area (Å²) in [6.45, 7) is 5.60. The Morgan fingerprint density at radius 3 is 2.33 bits per heavy atom. The number of rotatable bonds is 4. The number of carbonyl (C=O) groups excluding carboxylic acids is 2. The van der Waals surface area contributed by atoms with Gasteiger partial charge in [-0.3, -0.25) is 9.59 Å². The van der Waals surface area contributed by atoms with Crippen molar-refractivity contribution in [3.8, 4) is 0 Å². The second kappa shape index (κ2) is 3.38. The van der Waals surface area contributed by atoms with Gasteiger partial charge in [0.15, 0.2) is 0 Å². The molecule has 2 nitrogen and oxygen atoms in total. The van der Waals surface area contributed by atoms with E-state index in [2.05, 4.69) is 6.92 Å². The van der Waals surface area contributed by atoms with Gasteiger partial charge in [0.1, 0.15) is 11.6 Å². The van der Waals surface area contributed by atoms with Gasteiger partial charge in [-0.25, -0.2) is 0 Å². The van der Waals surface area contributed by atoms with Crippen LogP contribution in [0.1, 0.15) is 33.6 Å². The molecule has 3 unspecified atom stereocenters. The zero-order chi connectivity index (χ0) is 9.30. The van der Waals surface area contributed by atoms with Gasteiger partial charge in [-0.1, -0.05) is 13.8 Å². The zero-order valence-electron chi connectivity index (χ0n) is 7.96. The van der Waals surface area contributed by atoms with Crippen molar-refractivity contribution < 1.29 is 9.59 Å². The predicted molar refractivity (Wildman–Crippen MR) is 46.7 cm³/mol. The minimum Gasteiger partial charge on any atom is -0.299 e. The number of carbonyl (C=O) groups is 2. The molecule has 1 fully saturated rings. The van der Waals surface area contributed by atoms with Crippen LogP contribution in [0, 0.1) is 17.8 Å². The topological polar surface area (TPSA) is 34.1 Å². The molecule has 0 aromatic rings. The summed E-state index contributed by atoms with van der Waals surface area (Å²) in [7, 11) is 0. The molecule has 0 N–H and O–H groups in total. The van der Waals surface area contributed by atoms with Crippen molar-refractivity contribution in [2.75, 3.05) is 0 Å². The maximum atomic E-state index is 11.5. The number of ketones is 2. The summed E-state index contributed by atoms with van der Waals surface area (Å²) in [5, 5.41) is 0. The van der Waals surface area contributed by atoms with E-state index < -0.39 is 0 Å². The molecule has 2 heteroatoms. The molecule has 12 heavy (non-hydrogen) atoms. The second-order valence-electron chi connectivity index (χ2n) is 3.76. The first-order valence-corrected chi connectivity index (χ1v) is 4.64. The third-order valence-electron chi connectivity index (χ3n) is 2.73. The normalized spacial score (nSPS) is 29.6. The average Bonchev–Trinajstić information content (AvgIpc) is 2.78. The lowest BCUT2D eigenvalue weighted by Crippen LogP contribution is -2.22. The van der Waals surface area contributed by atoms with E-state index in [1.807, 2.05) is 6.92 Å². The third-order valence-corrected chi connectivity index (χ3v) is 2.73. The van der Waals surface area contributed by atoms with Gasteiger partial charge in [0, 0.05) is 12.3 Å². The lowest BCUT2D eigenvalue weighted by Gasteiger charge is -2.06. The first-order chi connectivity index (χ1) is 5.57. The molecule has 0 heterocycles. The van der Waals surface area contributed by atoms with Gasteiger partial charge in [0.05, 0.1) is 5.92 Å². The monoisotopic (exact) mass is 168 g/mol. The first-order valence-electron chi connectivity index (χ1n) is 4.64. The minimum absolute atomic E-state index is 0.0825. The van der Waals surface area contributed by atoms with Crippen LogP contribution < -0.4 is 0 Å². The minimum atomic E-state index is -0.357. The molecule has 0 radical (unpaired) electrons. The Bertz CT molecular complexity index is 208. The van der Waals surface area contributed by atoms with E-state index in [1.54, 1.807) is 6.92 Å². The van der Waals surface area contributed by atoms with Gasteiger partial charge in [0.25, 0.3) is 0 Å². The maximum Gasteiger partial charge on any atom is 0.146 e. The summed E-state index contributed by atoms with van der Waals surface area (Å²) in [5.41, 5.74) is 0. The highest BCUT2D eigenvalue weighted by molar-refractivity contribution is 6.03. The molecule has 0 aliphatic heterocycles. The largest absolute Gasteiger partial charge is 0.299 e. The third kappa shape index (κ3) is 1.74. The molecule has 0 spiro atoms. The van der Waals surface area contributed by atoms with E-state index in [-0.39, 0.29) is 23.4 Å². The number of Topliss-reactive ketones (excluding diaryl/α,β-unsaturated/α-hetero) is 2. The zero-order valence-corrected chi connectivity index (χ0v) is 7.96. The standard InChI is InChI=1S/C10H16O2/c1-4-9(11)7(3)10(12)8-5-6(8)2/h6-8H,4-5H2,1-3H3. The summed E-state index contributed by atoms with van der Waals surface area (Å²) in [6, 6.07) is 0. The number of hydrogen-bond acceptors (Lipinski definition) is 2. The Labute approximate surface area is 73.3 Å². The Balaban J connectivity index is 2.47. The van der Waals surface area contributed by atoms with Crippen LogP contribution in [0.15, 0.2) is 0 Å². The summed E-state index contributed by atoms with van der Waals surface area (Å²) < 4.78 is 0. The summed E-state index contributed by atoms with van der Waals surface area (Å²) in [4.78, 5) is 22.7.